The number of hydrogen-bond acceptors (Lipinski definition) is 6. The Bertz CT molecular complexity index is 998. The zero-order valence-electron chi connectivity index (χ0n) is 18.2. The number of nitrogens with zero attached hydrogens (tertiary/aromatic N) is 3. The molecule has 174 valence electrons. The van der Waals surface area contributed by atoms with Crippen molar-refractivity contribution in [2.75, 3.05) is 45.9 Å². The minimum Gasteiger partial charge on any atom is -0.489 e. The van der Waals surface area contributed by atoms with Gasteiger partial charge in [0, 0.05) is 45.3 Å². The third-order valence-electron chi connectivity index (χ3n) is 5.73. The van der Waals surface area contributed by atoms with E-state index in [9.17, 15) is 13.6 Å². The molecule has 2 aromatic carbocycles. The summed E-state index contributed by atoms with van der Waals surface area (Å²) in [5.74, 6) is -1.34. The molecule has 0 saturated carbocycles. The van der Waals surface area contributed by atoms with E-state index in [1.807, 2.05) is 12.1 Å². The Hall–Kier alpha value is -3.06. The molecule has 2 atom stereocenters. The molecule has 4 rings (SSSR count). The van der Waals surface area contributed by atoms with Crippen LogP contribution in [0.15, 0.2) is 42.5 Å². The van der Waals surface area contributed by atoms with Crippen molar-refractivity contribution in [3.05, 3.63) is 65.2 Å². The summed E-state index contributed by atoms with van der Waals surface area (Å²) < 4.78 is 38.2. The number of amides is 1. The minimum absolute atomic E-state index is 0.00798. The highest BCUT2D eigenvalue weighted by Gasteiger charge is 2.35. The van der Waals surface area contributed by atoms with Gasteiger partial charge in [-0.2, -0.15) is 5.26 Å². The van der Waals surface area contributed by atoms with E-state index < -0.39 is 11.6 Å². The molecule has 2 fully saturated rings. The minimum atomic E-state index is -0.707. The molecule has 0 radical (unpaired) electrons. The summed E-state index contributed by atoms with van der Waals surface area (Å²) in [6.07, 6.45) is -0.0160. The monoisotopic (exact) mass is 456 g/mol. The maximum Gasteiger partial charge on any atom is 0.234 e. The number of fused-ring (bicyclic) bond motifs is 2. The van der Waals surface area contributed by atoms with Gasteiger partial charge in [0.2, 0.25) is 5.91 Å². The van der Waals surface area contributed by atoms with Gasteiger partial charge < -0.3 is 14.8 Å². The lowest BCUT2D eigenvalue weighted by molar-refractivity contribution is -0.145. The van der Waals surface area contributed by atoms with Crippen LogP contribution < -0.4 is 10.1 Å². The predicted octanol–water partition coefficient (Wildman–Crippen LogP) is 1.92. The van der Waals surface area contributed by atoms with E-state index >= 15 is 0 Å². The van der Waals surface area contributed by atoms with E-state index in [1.54, 1.807) is 12.1 Å². The van der Waals surface area contributed by atoms with E-state index in [0.717, 1.165) is 11.6 Å². The summed E-state index contributed by atoms with van der Waals surface area (Å²) in [6, 6.07) is 12.5. The lowest BCUT2D eigenvalue weighted by atomic mass is 10.1. The Balaban J connectivity index is 1.18. The average molecular weight is 456 g/mol. The maximum absolute atomic E-state index is 13.7. The van der Waals surface area contributed by atoms with Crippen molar-refractivity contribution in [1.82, 2.24) is 15.1 Å². The number of carbonyl (C=O) groups is 1. The van der Waals surface area contributed by atoms with Crippen LogP contribution in [-0.4, -0.2) is 73.8 Å². The second kappa shape index (κ2) is 10.7. The topological polar surface area (TPSA) is 77.8 Å². The number of nitriles is 1. The van der Waals surface area contributed by atoms with Gasteiger partial charge in [-0.1, -0.05) is 12.1 Å². The molecule has 7 nitrogen and oxygen atoms in total. The Kier molecular flexibility index (Phi) is 7.50. The number of halogens is 2. The molecule has 1 N–H and O–H groups in total. The average Bonchev–Trinajstić information content (AvgIpc) is 2.79. The summed E-state index contributed by atoms with van der Waals surface area (Å²) in [7, 11) is 0. The summed E-state index contributed by atoms with van der Waals surface area (Å²) in [6.45, 7) is 4.35. The highest BCUT2D eigenvalue weighted by molar-refractivity contribution is 5.78. The molecule has 2 aliphatic heterocycles. The van der Waals surface area contributed by atoms with Crippen molar-refractivity contribution < 1.29 is 23.0 Å². The van der Waals surface area contributed by atoms with Crippen LogP contribution in [-0.2, 0) is 16.1 Å². The van der Waals surface area contributed by atoms with Crippen LogP contribution in [0.4, 0.5) is 8.78 Å². The highest BCUT2D eigenvalue weighted by Crippen LogP contribution is 2.20. The molecule has 9 heteroatoms. The summed E-state index contributed by atoms with van der Waals surface area (Å²) in [5.41, 5.74) is 1.53. The van der Waals surface area contributed by atoms with Crippen LogP contribution in [0.2, 0.25) is 0 Å². The Morgan fingerprint density at radius 3 is 2.45 bits per heavy atom. The summed E-state index contributed by atoms with van der Waals surface area (Å²) in [4.78, 5) is 16.7. The van der Waals surface area contributed by atoms with E-state index in [0.29, 0.717) is 58.0 Å². The first kappa shape index (κ1) is 23.1. The van der Waals surface area contributed by atoms with Crippen molar-refractivity contribution >= 4 is 5.91 Å². The number of hydrogen-bond donors (Lipinski definition) is 1. The quantitative estimate of drug-likeness (QED) is 0.654. The van der Waals surface area contributed by atoms with Gasteiger partial charge in [0.1, 0.15) is 12.4 Å². The zero-order valence-corrected chi connectivity index (χ0v) is 18.2. The van der Waals surface area contributed by atoms with Crippen molar-refractivity contribution in [2.45, 2.75) is 18.8 Å². The normalized spacial score (nSPS) is 20.8. The summed E-state index contributed by atoms with van der Waals surface area (Å²) in [5, 5.41) is 11.8. The van der Waals surface area contributed by atoms with Gasteiger partial charge in [0.05, 0.1) is 30.4 Å². The van der Waals surface area contributed by atoms with Crippen molar-refractivity contribution in [3.63, 3.8) is 0 Å². The molecule has 2 bridgehead atoms. The van der Waals surface area contributed by atoms with Gasteiger partial charge in [-0.15, -0.1) is 0 Å². The van der Waals surface area contributed by atoms with Crippen LogP contribution in [0.25, 0.3) is 0 Å². The fourth-order valence-electron chi connectivity index (χ4n) is 4.21. The number of benzene rings is 2. The first-order chi connectivity index (χ1) is 16.0. The molecular formula is C24H26F2N4O3. The maximum atomic E-state index is 13.7. The predicted molar refractivity (Wildman–Crippen MR) is 116 cm³/mol. The van der Waals surface area contributed by atoms with Crippen molar-refractivity contribution in [2.24, 2.45) is 0 Å². The second-order valence-corrected chi connectivity index (χ2v) is 8.34. The van der Waals surface area contributed by atoms with Crippen LogP contribution in [0.5, 0.6) is 5.75 Å². The lowest BCUT2D eigenvalue weighted by Crippen LogP contribution is -2.60. The number of carbonyl (C=O) groups excluding carboxylic acids is 1. The highest BCUT2D eigenvalue weighted by atomic mass is 19.1. The van der Waals surface area contributed by atoms with Gasteiger partial charge in [-0.3, -0.25) is 14.6 Å². The van der Waals surface area contributed by atoms with E-state index in [2.05, 4.69) is 21.2 Å². The summed E-state index contributed by atoms with van der Waals surface area (Å²) >= 11 is 0. The molecule has 0 spiro atoms. The standard InChI is InChI=1S/C24H26F2N4O3/c25-19-5-6-23(22(26)9-19)32-8-7-29-12-20-14-30(15-21(13-29)33-20)16-24(31)28-11-18-3-1-17(10-27)2-4-18/h1-6,9,20-21H,7-8,11-16H2,(H,28,31). The van der Waals surface area contributed by atoms with E-state index in [1.165, 1.54) is 12.1 Å². The Morgan fingerprint density at radius 1 is 1.09 bits per heavy atom. The number of morpholine rings is 2. The Morgan fingerprint density at radius 2 is 1.79 bits per heavy atom. The largest absolute Gasteiger partial charge is 0.489 e. The number of rotatable bonds is 8. The van der Waals surface area contributed by atoms with Gasteiger partial charge in [0.15, 0.2) is 11.6 Å². The van der Waals surface area contributed by atoms with Gasteiger partial charge >= 0.3 is 0 Å². The molecular weight excluding hydrogens is 430 g/mol. The van der Waals surface area contributed by atoms with Crippen LogP contribution >= 0.6 is 0 Å². The Labute approximate surface area is 191 Å². The third kappa shape index (κ3) is 6.48. The fourth-order valence-corrected chi connectivity index (χ4v) is 4.21. The zero-order chi connectivity index (χ0) is 23.2. The molecule has 33 heavy (non-hydrogen) atoms. The molecule has 2 saturated heterocycles. The number of ether oxygens (including phenoxy) is 2. The SMILES string of the molecule is N#Cc1ccc(CNC(=O)CN2CC3CN(CCOc4ccc(F)cc4F)CC(C2)O3)cc1. The lowest BCUT2D eigenvalue weighted by Gasteiger charge is -2.45. The van der Waals surface area contributed by atoms with Crippen LogP contribution in [0.1, 0.15) is 11.1 Å². The molecule has 0 aliphatic carbocycles. The van der Waals surface area contributed by atoms with E-state index in [4.69, 9.17) is 14.7 Å². The molecule has 2 unspecified atom stereocenters. The molecule has 1 amide bonds. The van der Waals surface area contributed by atoms with E-state index in [-0.39, 0.29) is 23.9 Å². The smallest absolute Gasteiger partial charge is 0.234 e. The second-order valence-electron chi connectivity index (χ2n) is 8.34. The van der Waals surface area contributed by atoms with Gasteiger partial charge in [-0.05, 0) is 29.8 Å². The van der Waals surface area contributed by atoms with Gasteiger partial charge in [-0.25, -0.2) is 8.78 Å². The first-order valence-electron chi connectivity index (χ1n) is 10.9. The molecule has 2 heterocycles. The molecule has 2 aromatic rings. The third-order valence-corrected chi connectivity index (χ3v) is 5.73. The molecule has 0 aromatic heterocycles. The number of nitrogens with one attached hydrogen (secondary N) is 1. The van der Waals surface area contributed by atoms with Gasteiger partial charge in [0.25, 0.3) is 0 Å². The van der Waals surface area contributed by atoms with Crippen LogP contribution in [0, 0.1) is 23.0 Å². The van der Waals surface area contributed by atoms with Crippen LogP contribution in [0.3, 0.4) is 0 Å². The fraction of sp³-hybridized carbons (Fsp3) is 0.417. The van der Waals surface area contributed by atoms with Crippen molar-refractivity contribution in [1.29, 1.82) is 5.26 Å². The van der Waals surface area contributed by atoms with Crippen molar-refractivity contribution in [3.8, 4) is 11.8 Å². The molecule has 2 aliphatic rings. The first-order valence-corrected chi connectivity index (χ1v) is 10.9.